The highest BCUT2D eigenvalue weighted by atomic mass is 19.4. The summed E-state index contributed by atoms with van der Waals surface area (Å²) in [5.41, 5.74) is 4.22. The Labute approximate surface area is 218 Å². The predicted molar refractivity (Wildman–Crippen MR) is 127 cm³/mol. The fourth-order valence-corrected chi connectivity index (χ4v) is 4.70. The van der Waals surface area contributed by atoms with Gasteiger partial charge in [0.2, 0.25) is 0 Å². The van der Waals surface area contributed by atoms with E-state index in [2.05, 4.69) is 4.98 Å². The van der Waals surface area contributed by atoms with Crippen molar-refractivity contribution >= 4 is 11.8 Å². The number of cyclic esters (lactones) is 1. The molecule has 2 N–H and O–H groups in total. The molecule has 1 amide bonds. The molecule has 2 fully saturated rings. The summed E-state index contributed by atoms with van der Waals surface area (Å²) in [7, 11) is 0. The molecule has 0 unspecified atom stereocenters. The van der Waals surface area contributed by atoms with Crippen LogP contribution in [0.4, 0.5) is 41.2 Å². The van der Waals surface area contributed by atoms with E-state index in [1.54, 1.807) is 12.1 Å². The largest absolute Gasteiger partial charge is 0.439 e. The van der Waals surface area contributed by atoms with Crippen LogP contribution in [0, 0.1) is 5.82 Å². The molecule has 1 saturated carbocycles. The number of nitrogen functional groups attached to an aromatic ring is 1. The van der Waals surface area contributed by atoms with Gasteiger partial charge in [-0.15, -0.1) is 0 Å². The highest BCUT2D eigenvalue weighted by Crippen LogP contribution is 2.43. The number of nitrogens with two attached hydrogens (primary N) is 1. The molecule has 5 nitrogen and oxygen atoms in total. The van der Waals surface area contributed by atoms with Crippen LogP contribution in [0.15, 0.2) is 48.5 Å². The van der Waals surface area contributed by atoms with E-state index in [4.69, 9.17) is 10.5 Å². The van der Waals surface area contributed by atoms with Crippen LogP contribution in [0.25, 0.3) is 11.1 Å². The molecule has 2 atom stereocenters. The summed E-state index contributed by atoms with van der Waals surface area (Å²) in [6.07, 6.45) is -10.6. The van der Waals surface area contributed by atoms with E-state index < -0.39 is 53.1 Å². The van der Waals surface area contributed by atoms with Crippen molar-refractivity contribution in [3.05, 3.63) is 82.4 Å². The number of halogens is 7. The molecule has 2 aromatic carbocycles. The van der Waals surface area contributed by atoms with Gasteiger partial charge in [-0.1, -0.05) is 6.07 Å². The van der Waals surface area contributed by atoms with Crippen molar-refractivity contribution in [2.24, 2.45) is 0 Å². The summed E-state index contributed by atoms with van der Waals surface area (Å²) in [4.78, 5) is 18.7. The molecule has 0 spiro atoms. The SMILES string of the molecule is C[C@H]1[C@@H](c2cc(C(F)(F)F)cc(C(F)(F)F)c2)OC(=O)N1Cc1nc(C2CC2)ccc1-c1cc(N)ccc1F. The number of pyridine rings is 1. The number of hydrogen-bond acceptors (Lipinski definition) is 4. The molecule has 2 aliphatic rings. The van der Waals surface area contributed by atoms with Crippen LogP contribution in [0.3, 0.4) is 0 Å². The molecule has 39 heavy (non-hydrogen) atoms. The number of amides is 1. The molecule has 3 aromatic rings. The van der Waals surface area contributed by atoms with Gasteiger partial charge in [0.15, 0.2) is 0 Å². The number of ether oxygens (including phenoxy) is 1. The lowest BCUT2D eigenvalue weighted by atomic mass is 9.97. The first-order chi connectivity index (χ1) is 18.2. The standard InChI is InChI=1S/C27H22F7N3O2/c1-13-24(15-8-16(26(29,30)31)10-17(9-15)27(32,33)34)39-25(38)37(13)12-23-19(5-7-22(36-23)14-2-3-14)20-11-18(35)4-6-21(20)28/h4-11,13-14,24H,2-3,12,35H2,1H3/t13-,24-/m0/s1. The topological polar surface area (TPSA) is 68.5 Å². The van der Waals surface area contributed by atoms with Gasteiger partial charge in [0.1, 0.15) is 11.9 Å². The zero-order valence-corrected chi connectivity index (χ0v) is 20.4. The van der Waals surface area contributed by atoms with Crippen molar-refractivity contribution < 1.29 is 40.3 Å². The van der Waals surface area contributed by atoms with Gasteiger partial charge in [0.25, 0.3) is 0 Å². The van der Waals surface area contributed by atoms with Crippen LogP contribution in [0.1, 0.15) is 59.9 Å². The fraction of sp³-hybridized carbons (Fsp3) is 0.333. The van der Waals surface area contributed by atoms with Gasteiger partial charge in [-0.05, 0) is 67.8 Å². The van der Waals surface area contributed by atoms with Gasteiger partial charge in [-0.3, -0.25) is 9.88 Å². The molecule has 1 aliphatic carbocycles. The van der Waals surface area contributed by atoms with Gasteiger partial charge < -0.3 is 10.5 Å². The van der Waals surface area contributed by atoms with Crippen LogP contribution in [0.2, 0.25) is 0 Å². The minimum Gasteiger partial charge on any atom is -0.439 e. The Morgan fingerprint density at radius 2 is 1.59 bits per heavy atom. The van der Waals surface area contributed by atoms with Crippen LogP contribution in [-0.4, -0.2) is 22.0 Å². The Kier molecular flexibility index (Phi) is 6.47. The lowest BCUT2D eigenvalue weighted by molar-refractivity contribution is -0.143. The highest BCUT2D eigenvalue weighted by molar-refractivity contribution is 5.73. The first-order valence-electron chi connectivity index (χ1n) is 12.0. The average Bonchev–Trinajstić information content (AvgIpc) is 3.67. The van der Waals surface area contributed by atoms with Crippen molar-refractivity contribution in [3.63, 3.8) is 0 Å². The Bertz CT molecular complexity index is 1400. The van der Waals surface area contributed by atoms with Crippen LogP contribution >= 0.6 is 0 Å². The van der Waals surface area contributed by atoms with Crippen LogP contribution < -0.4 is 5.73 Å². The second-order valence-corrected chi connectivity index (χ2v) is 9.76. The van der Waals surface area contributed by atoms with Crippen LogP contribution in [-0.2, 0) is 23.6 Å². The van der Waals surface area contributed by atoms with E-state index in [1.165, 1.54) is 25.1 Å². The van der Waals surface area contributed by atoms with Gasteiger partial charge in [0, 0.05) is 28.4 Å². The van der Waals surface area contributed by atoms with E-state index in [0.717, 1.165) is 23.4 Å². The van der Waals surface area contributed by atoms with E-state index in [1.807, 2.05) is 0 Å². The van der Waals surface area contributed by atoms with E-state index in [-0.39, 0.29) is 24.1 Å². The number of nitrogens with zero attached hydrogens (tertiary/aromatic N) is 2. The third kappa shape index (κ3) is 5.37. The van der Waals surface area contributed by atoms with Crippen molar-refractivity contribution in [1.29, 1.82) is 0 Å². The smallest absolute Gasteiger partial charge is 0.416 e. The normalized spacial score (nSPS) is 19.9. The number of carbonyl (C=O) groups excluding carboxylic acids is 1. The summed E-state index contributed by atoms with van der Waals surface area (Å²) in [5, 5.41) is 0. The van der Waals surface area contributed by atoms with Crippen molar-refractivity contribution in [2.75, 3.05) is 5.73 Å². The molecule has 0 bridgehead atoms. The number of rotatable bonds is 5. The molecule has 1 aliphatic heterocycles. The first kappa shape index (κ1) is 26.8. The van der Waals surface area contributed by atoms with Crippen LogP contribution in [0.5, 0.6) is 0 Å². The predicted octanol–water partition coefficient (Wildman–Crippen LogP) is 7.47. The lowest BCUT2D eigenvalue weighted by Gasteiger charge is -2.23. The number of anilines is 1. The molecule has 1 saturated heterocycles. The Morgan fingerprint density at radius 3 is 2.18 bits per heavy atom. The molecule has 5 rings (SSSR count). The van der Waals surface area contributed by atoms with Gasteiger partial charge in [0.05, 0.1) is 29.4 Å². The molecule has 206 valence electrons. The second kappa shape index (κ2) is 9.42. The summed E-state index contributed by atoms with van der Waals surface area (Å²) >= 11 is 0. The molecule has 12 heteroatoms. The maximum atomic E-state index is 14.8. The molecule has 0 radical (unpaired) electrons. The van der Waals surface area contributed by atoms with E-state index in [9.17, 15) is 35.5 Å². The third-order valence-electron chi connectivity index (χ3n) is 6.92. The molecule has 1 aromatic heterocycles. The van der Waals surface area contributed by atoms with Gasteiger partial charge in [-0.25, -0.2) is 9.18 Å². The monoisotopic (exact) mass is 553 g/mol. The number of benzene rings is 2. The molecular weight excluding hydrogens is 531 g/mol. The van der Waals surface area contributed by atoms with Crippen molar-refractivity contribution in [1.82, 2.24) is 9.88 Å². The Balaban J connectivity index is 1.52. The van der Waals surface area contributed by atoms with Gasteiger partial charge in [-0.2, -0.15) is 26.3 Å². The third-order valence-corrected chi connectivity index (χ3v) is 6.92. The van der Waals surface area contributed by atoms with Crippen molar-refractivity contribution in [2.45, 2.75) is 56.7 Å². The Morgan fingerprint density at radius 1 is 0.949 bits per heavy atom. The zero-order chi connectivity index (χ0) is 28.3. The minimum absolute atomic E-state index is 0.0163. The van der Waals surface area contributed by atoms with Crippen molar-refractivity contribution in [3.8, 4) is 11.1 Å². The number of aromatic nitrogens is 1. The maximum Gasteiger partial charge on any atom is 0.416 e. The molecule has 2 heterocycles. The first-order valence-corrected chi connectivity index (χ1v) is 12.0. The number of alkyl halides is 6. The number of carbonyl (C=O) groups is 1. The minimum atomic E-state index is -5.05. The number of hydrogen-bond donors (Lipinski definition) is 1. The summed E-state index contributed by atoms with van der Waals surface area (Å²) in [6, 6.07) is 7.57. The Hall–Kier alpha value is -3.83. The fourth-order valence-electron chi connectivity index (χ4n) is 4.70. The highest BCUT2D eigenvalue weighted by Gasteiger charge is 2.43. The average molecular weight is 553 g/mol. The zero-order valence-electron chi connectivity index (χ0n) is 20.4. The second-order valence-electron chi connectivity index (χ2n) is 9.76. The summed E-state index contributed by atoms with van der Waals surface area (Å²) in [5.74, 6) is -0.366. The summed E-state index contributed by atoms with van der Waals surface area (Å²) in [6.45, 7) is 1.24. The van der Waals surface area contributed by atoms with E-state index in [0.29, 0.717) is 29.1 Å². The summed E-state index contributed by atoms with van der Waals surface area (Å²) < 4.78 is 100. The quantitative estimate of drug-likeness (QED) is 0.263. The van der Waals surface area contributed by atoms with Gasteiger partial charge >= 0.3 is 18.4 Å². The molecular formula is C27H22F7N3O2. The van der Waals surface area contributed by atoms with E-state index >= 15 is 0 Å². The maximum absolute atomic E-state index is 14.8. The lowest BCUT2D eigenvalue weighted by Crippen LogP contribution is -2.32.